The number of nitrogens with zero attached hydrogens (tertiary/aromatic N) is 3. The maximum absolute atomic E-state index is 5.46. The van der Waals surface area contributed by atoms with Crippen LogP contribution in [0, 0.1) is 0 Å². The van der Waals surface area contributed by atoms with Gasteiger partial charge in [-0.15, -0.1) is 0 Å². The van der Waals surface area contributed by atoms with Crippen LogP contribution in [0.5, 0.6) is 0 Å². The summed E-state index contributed by atoms with van der Waals surface area (Å²) in [5, 5.41) is 8.24. The van der Waals surface area contributed by atoms with E-state index >= 15 is 0 Å². The lowest BCUT2D eigenvalue weighted by molar-refractivity contribution is 0.0340. The van der Waals surface area contributed by atoms with Crippen LogP contribution < -0.4 is 5.32 Å². The van der Waals surface area contributed by atoms with E-state index in [-0.39, 0.29) is 6.04 Å². The highest BCUT2D eigenvalue weighted by Crippen LogP contribution is 2.30. The number of hydrogen-bond donors (Lipinski definition) is 1. The van der Waals surface area contributed by atoms with Crippen LogP contribution >= 0.6 is 0 Å². The molecule has 5 nitrogen and oxygen atoms in total. The zero-order valence-electron chi connectivity index (χ0n) is 13.7. The van der Waals surface area contributed by atoms with Crippen LogP contribution in [0.4, 0.5) is 0 Å². The van der Waals surface area contributed by atoms with Gasteiger partial charge >= 0.3 is 0 Å². The fourth-order valence-electron chi connectivity index (χ4n) is 3.74. The topological polar surface area (TPSA) is 42.3 Å². The lowest BCUT2D eigenvalue weighted by Crippen LogP contribution is -2.37. The summed E-state index contributed by atoms with van der Waals surface area (Å²) < 4.78 is 7.50. The average molecular weight is 312 g/mol. The number of aryl methyl sites for hydroxylation is 1. The van der Waals surface area contributed by atoms with Gasteiger partial charge in [0, 0.05) is 38.8 Å². The Morgan fingerprint density at radius 1 is 1.26 bits per heavy atom. The Morgan fingerprint density at radius 3 is 2.96 bits per heavy atom. The molecule has 122 valence electrons. The molecule has 0 amide bonds. The number of benzene rings is 1. The van der Waals surface area contributed by atoms with E-state index in [1.54, 1.807) is 0 Å². The van der Waals surface area contributed by atoms with Gasteiger partial charge in [0.2, 0.25) is 0 Å². The molecule has 1 unspecified atom stereocenters. The molecule has 1 fully saturated rings. The van der Waals surface area contributed by atoms with Crippen LogP contribution in [0.15, 0.2) is 30.5 Å². The van der Waals surface area contributed by atoms with E-state index < -0.39 is 0 Å². The first-order valence-corrected chi connectivity index (χ1v) is 8.45. The average Bonchev–Trinajstić information content (AvgIpc) is 2.95. The lowest BCUT2D eigenvalue weighted by Gasteiger charge is -2.30. The number of aromatic nitrogens is 2. The third-order valence-corrected chi connectivity index (χ3v) is 4.94. The molecule has 5 heteroatoms. The van der Waals surface area contributed by atoms with Gasteiger partial charge in [-0.05, 0) is 17.5 Å². The quantitative estimate of drug-likeness (QED) is 0.932. The van der Waals surface area contributed by atoms with Crippen LogP contribution in [0.2, 0.25) is 0 Å². The highest BCUT2D eigenvalue weighted by atomic mass is 16.5. The van der Waals surface area contributed by atoms with Crippen LogP contribution in [-0.2, 0) is 24.8 Å². The summed E-state index contributed by atoms with van der Waals surface area (Å²) in [6, 6.07) is 9.01. The number of fused-ring (bicyclic) bond motifs is 1. The van der Waals surface area contributed by atoms with Gasteiger partial charge in [0.05, 0.1) is 31.1 Å². The Labute approximate surface area is 137 Å². The summed E-state index contributed by atoms with van der Waals surface area (Å²) in [7, 11) is 2.05. The fraction of sp³-hybridized carbons (Fsp3) is 0.500. The van der Waals surface area contributed by atoms with Gasteiger partial charge in [-0.1, -0.05) is 24.3 Å². The van der Waals surface area contributed by atoms with Gasteiger partial charge in [-0.25, -0.2) is 0 Å². The first kappa shape index (κ1) is 14.9. The highest BCUT2D eigenvalue weighted by Gasteiger charge is 2.26. The summed E-state index contributed by atoms with van der Waals surface area (Å²) in [5.41, 5.74) is 5.47. The van der Waals surface area contributed by atoms with E-state index in [1.165, 1.54) is 22.4 Å². The molecule has 4 rings (SSSR count). The van der Waals surface area contributed by atoms with Crippen molar-refractivity contribution in [2.45, 2.75) is 19.0 Å². The summed E-state index contributed by atoms with van der Waals surface area (Å²) in [5.74, 6) is 0. The van der Waals surface area contributed by atoms with Crippen LogP contribution in [0.3, 0.4) is 0 Å². The summed E-state index contributed by atoms with van der Waals surface area (Å²) >= 11 is 0. The van der Waals surface area contributed by atoms with E-state index in [0.717, 1.165) is 45.8 Å². The molecule has 2 aliphatic heterocycles. The number of rotatable bonds is 3. The SMILES string of the molecule is Cn1ncc(CN2CCOCC2)c1C1NCCc2ccccc21. The molecular weight excluding hydrogens is 288 g/mol. The standard InChI is InChI=1S/C18H24N4O/c1-21-18(15(12-20-21)13-22-8-10-23-11-9-22)17-16-5-3-2-4-14(16)6-7-19-17/h2-5,12,17,19H,6-11,13H2,1H3. The van der Waals surface area contributed by atoms with Crippen LogP contribution in [0.25, 0.3) is 0 Å². The number of morpholine rings is 1. The molecule has 2 aromatic rings. The number of hydrogen-bond acceptors (Lipinski definition) is 4. The molecule has 1 atom stereocenters. The Hall–Kier alpha value is -1.69. The molecule has 1 aromatic carbocycles. The molecule has 0 spiro atoms. The molecule has 1 aromatic heterocycles. The van der Waals surface area contributed by atoms with Crippen molar-refractivity contribution in [3.63, 3.8) is 0 Å². The number of ether oxygens (including phenoxy) is 1. The zero-order chi connectivity index (χ0) is 15.6. The largest absolute Gasteiger partial charge is 0.379 e. The van der Waals surface area contributed by atoms with Crippen molar-refractivity contribution in [1.29, 1.82) is 0 Å². The van der Waals surface area contributed by atoms with Crippen molar-refractivity contribution in [2.24, 2.45) is 7.05 Å². The Balaban J connectivity index is 1.65. The smallest absolute Gasteiger partial charge is 0.0754 e. The van der Waals surface area contributed by atoms with E-state index in [1.807, 2.05) is 10.9 Å². The maximum Gasteiger partial charge on any atom is 0.0754 e. The molecule has 1 N–H and O–H groups in total. The van der Waals surface area contributed by atoms with Crippen molar-refractivity contribution >= 4 is 0 Å². The minimum absolute atomic E-state index is 0.239. The molecule has 0 saturated carbocycles. The molecule has 2 aliphatic rings. The molecule has 23 heavy (non-hydrogen) atoms. The summed E-state index contributed by atoms with van der Waals surface area (Å²) in [4.78, 5) is 2.46. The van der Waals surface area contributed by atoms with Crippen LogP contribution in [0.1, 0.15) is 28.4 Å². The first-order valence-electron chi connectivity index (χ1n) is 8.45. The third-order valence-electron chi connectivity index (χ3n) is 4.94. The Morgan fingerprint density at radius 2 is 2.09 bits per heavy atom. The van der Waals surface area contributed by atoms with Crippen molar-refractivity contribution in [2.75, 3.05) is 32.8 Å². The van der Waals surface area contributed by atoms with Gasteiger partial charge < -0.3 is 10.1 Å². The van der Waals surface area contributed by atoms with Gasteiger partial charge in [-0.3, -0.25) is 9.58 Å². The second-order valence-electron chi connectivity index (χ2n) is 6.40. The zero-order valence-corrected chi connectivity index (χ0v) is 13.7. The predicted octanol–water partition coefficient (Wildman–Crippen LogP) is 1.49. The Bertz CT molecular complexity index is 675. The highest BCUT2D eigenvalue weighted by molar-refractivity contribution is 5.39. The van der Waals surface area contributed by atoms with Gasteiger partial charge in [-0.2, -0.15) is 5.10 Å². The third kappa shape index (κ3) is 2.92. The molecular formula is C18H24N4O. The Kier molecular flexibility index (Phi) is 4.16. The molecule has 0 radical (unpaired) electrons. The summed E-state index contributed by atoms with van der Waals surface area (Å²) in [6.45, 7) is 5.64. The van der Waals surface area contributed by atoms with Gasteiger partial charge in [0.1, 0.15) is 0 Å². The van der Waals surface area contributed by atoms with E-state index in [2.05, 4.69) is 46.6 Å². The summed E-state index contributed by atoms with van der Waals surface area (Å²) in [6.07, 6.45) is 3.13. The first-order chi connectivity index (χ1) is 11.3. The predicted molar refractivity (Wildman–Crippen MR) is 89.3 cm³/mol. The van der Waals surface area contributed by atoms with Crippen molar-refractivity contribution in [1.82, 2.24) is 20.0 Å². The van der Waals surface area contributed by atoms with Crippen LogP contribution in [-0.4, -0.2) is 47.5 Å². The van der Waals surface area contributed by atoms with Crippen molar-refractivity contribution in [3.05, 3.63) is 52.8 Å². The minimum Gasteiger partial charge on any atom is -0.379 e. The van der Waals surface area contributed by atoms with E-state index in [4.69, 9.17) is 4.74 Å². The van der Waals surface area contributed by atoms with Crippen molar-refractivity contribution < 1.29 is 4.74 Å². The molecule has 3 heterocycles. The second kappa shape index (κ2) is 6.43. The number of nitrogens with one attached hydrogen (secondary N) is 1. The molecule has 1 saturated heterocycles. The minimum atomic E-state index is 0.239. The molecule has 0 aliphatic carbocycles. The van der Waals surface area contributed by atoms with Gasteiger partial charge in [0.25, 0.3) is 0 Å². The second-order valence-corrected chi connectivity index (χ2v) is 6.40. The normalized spacial score (nSPS) is 22.0. The molecule has 0 bridgehead atoms. The monoisotopic (exact) mass is 312 g/mol. The lowest BCUT2D eigenvalue weighted by atomic mass is 9.91. The van der Waals surface area contributed by atoms with E-state index in [9.17, 15) is 0 Å². The van der Waals surface area contributed by atoms with Gasteiger partial charge in [0.15, 0.2) is 0 Å². The fourth-order valence-corrected chi connectivity index (χ4v) is 3.74. The maximum atomic E-state index is 5.46. The van der Waals surface area contributed by atoms with Crippen molar-refractivity contribution in [3.8, 4) is 0 Å². The van der Waals surface area contributed by atoms with E-state index in [0.29, 0.717) is 0 Å².